The third-order valence-electron chi connectivity index (χ3n) is 5.21. The molecule has 4 aromatic rings. The fourth-order valence-corrected chi connectivity index (χ4v) is 3.76. The van der Waals surface area contributed by atoms with Gasteiger partial charge in [0.05, 0.1) is 11.9 Å². The van der Waals surface area contributed by atoms with E-state index >= 15 is 0 Å². The van der Waals surface area contributed by atoms with Gasteiger partial charge in [-0.2, -0.15) is 5.26 Å². The molecule has 0 bridgehead atoms. The molecule has 0 aliphatic heterocycles. The normalized spacial score (nSPS) is 11.3. The van der Waals surface area contributed by atoms with Crippen LogP contribution in [-0.4, -0.2) is 42.3 Å². The molecule has 2 N–H and O–H groups in total. The number of hydrogen-bond donors (Lipinski definition) is 2. The molecule has 0 unspecified atom stereocenters. The van der Waals surface area contributed by atoms with Crippen molar-refractivity contribution < 1.29 is 23.7 Å². The van der Waals surface area contributed by atoms with Gasteiger partial charge in [0, 0.05) is 53.9 Å². The summed E-state index contributed by atoms with van der Waals surface area (Å²) in [5.41, 5.74) is 3.90. The zero-order valence-electron chi connectivity index (χ0n) is 18.4. The third-order valence-corrected chi connectivity index (χ3v) is 5.67. The number of amides is 1. The topological polar surface area (TPSA) is 154 Å². The van der Waals surface area contributed by atoms with Crippen LogP contribution in [0, 0.1) is 11.3 Å². The molecule has 0 radical (unpaired) electrons. The van der Waals surface area contributed by atoms with E-state index in [-0.39, 0.29) is 11.6 Å². The van der Waals surface area contributed by atoms with Crippen LogP contribution in [0.3, 0.4) is 0 Å². The summed E-state index contributed by atoms with van der Waals surface area (Å²) in [6, 6.07) is 8.94. The zero-order chi connectivity index (χ0) is 25.2. The Morgan fingerprint density at radius 1 is 1.23 bits per heavy atom. The lowest BCUT2D eigenvalue weighted by Crippen LogP contribution is -2.23. The first-order valence-electron chi connectivity index (χ1n) is 10.1. The summed E-state index contributed by atoms with van der Waals surface area (Å²) in [4.78, 5) is 44.4. The van der Waals surface area contributed by atoms with Crippen molar-refractivity contribution in [2.24, 2.45) is 0 Å². The van der Waals surface area contributed by atoms with Crippen LogP contribution in [0.1, 0.15) is 5.69 Å². The predicted octanol–water partition coefficient (Wildman–Crippen LogP) is 3.25. The lowest BCUT2D eigenvalue weighted by Gasteiger charge is -2.15. The van der Waals surface area contributed by atoms with Gasteiger partial charge in [-0.3, -0.25) is 14.3 Å². The molecule has 12 heteroatoms. The number of carbonyl (C=O) groups excluding carboxylic acids is 1. The molecule has 4 aromatic heterocycles. The van der Waals surface area contributed by atoms with Crippen LogP contribution >= 0.6 is 7.82 Å². The summed E-state index contributed by atoms with van der Waals surface area (Å²) in [6.45, 7) is 3.06. The monoisotopic (exact) mass is 490 g/mol. The van der Waals surface area contributed by atoms with E-state index in [1.165, 1.54) is 21.7 Å². The zero-order valence-corrected chi connectivity index (χ0v) is 19.3. The average Bonchev–Trinajstić information content (AvgIpc) is 3.24. The van der Waals surface area contributed by atoms with Crippen LogP contribution in [0.15, 0.2) is 67.9 Å². The van der Waals surface area contributed by atoms with Gasteiger partial charge >= 0.3 is 7.82 Å². The van der Waals surface area contributed by atoms with E-state index in [4.69, 9.17) is 9.79 Å². The highest BCUT2D eigenvalue weighted by molar-refractivity contribution is 7.46. The van der Waals surface area contributed by atoms with Crippen LogP contribution in [0.5, 0.6) is 0 Å². The molecule has 4 rings (SSSR count). The maximum Gasteiger partial charge on any atom is 0.471 e. The molecule has 0 atom stereocenters. The van der Waals surface area contributed by atoms with Crippen LogP contribution in [0.25, 0.3) is 33.3 Å². The lowest BCUT2D eigenvalue weighted by molar-refractivity contribution is -0.113. The predicted molar refractivity (Wildman–Crippen MR) is 128 cm³/mol. The fraction of sp³-hybridized carbons (Fsp3) is 0.0870. The Kier molecular flexibility index (Phi) is 6.55. The van der Waals surface area contributed by atoms with Gasteiger partial charge in [-0.1, -0.05) is 6.58 Å². The smallest absolute Gasteiger partial charge is 0.310 e. The number of hydrogen-bond acceptors (Lipinski definition) is 7. The van der Waals surface area contributed by atoms with Gasteiger partial charge in [0.25, 0.3) is 0 Å². The Bertz CT molecular complexity index is 1540. The van der Waals surface area contributed by atoms with Crippen molar-refractivity contribution in [3.05, 3.63) is 73.6 Å². The standard InChI is InChI=1S/C23H19N6O5P/c1-3-22(30)28(2)19-7-16(10-25-12-19)17-8-20-21(15-4-5-26-18(6-15)9-24)13-29(23(20)27-11-17)14-34-35(31,32)33/h3-8,10-13H,1,14H2,2H3,(H2,31,32,33). The maximum atomic E-state index is 12.0. The maximum absolute atomic E-state index is 12.0. The third kappa shape index (κ3) is 5.16. The number of anilines is 1. The number of aromatic nitrogens is 4. The Hall–Kier alpha value is -4.20. The van der Waals surface area contributed by atoms with E-state index in [1.54, 1.807) is 50.0 Å². The Labute approximate surface area is 199 Å². The number of nitrogens with zero attached hydrogens (tertiary/aromatic N) is 6. The van der Waals surface area contributed by atoms with Gasteiger partial charge in [-0.25, -0.2) is 14.5 Å². The number of carbonyl (C=O) groups is 1. The molecule has 0 aromatic carbocycles. The number of nitriles is 1. The number of pyridine rings is 3. The summed E-state index contributed by atoms with van der Waals surface area (Å²) in [5, 5.41) is 9.89. The van der Waals surface area contributed by atoms with Gasteiger partial charge in [-0.05, 0) is 35.9 Å². The van der Waals surface area contributed by atoms with Crippen molar-refractivity contribution in [2.45, 2.75) is 6.73 Å². The number of phosphoric ester groups is 1. The van der Waals surface area contributed by atoms with Gasteiger partial charge in [0.2, 0.25) is 5.91 Å². The van der Waals surface area contributed by atoms with Crippen LogP contribution < -0.4 is 4.90 Å². The van der Waals surface area contributed by atoms with Gasteiger partial charge < -0.3 is 19.3 Å². The van der Waals surface area contributed by atoms with Crippen molar-refractivity contribution in [1.82, 2.24) is 19.5 Å². The van der Waals surface area contributed by atoms with Gasteiger partial charge in [0.1, 0.15) is 24.1 Å². The summed E-state index contributed by atoms with van der Waals surface area (Å²) in [7, 11) is -3.10. The van der Waals surface area contributed by atoms with Crippen molar-refractivity contribution in [1.29, 1.82) is 5.26 Å². The molecule has 0 aliphatic carbocycles. The Balaban J connectivity index is 1.85. The summed E-state index contributed by atoms with van der Waals surface area (Å²) >= 11 is 0. The van der Waals surface area contributed by atoms with Crippen LogP contribution in [0.2, 0.25) is 0 Å². The van der Waals surface area contributed by atoms with E-state index in [1.807, 2.05) is 12.1 Å². The lowest BCUT2D eigenvalue weighted by atomic mass is 10.0. The highest BCUT2D eigenvalue weighted by Gasteiger charge is 2.18. The molecular formula is C23H19N6O5P. The molecule has 35 heavy (non-hydrogen) atoms. The van der Waals surface area contributed by atoms with Crippen molar-refractivity contribution in [3.8, 4) is 28.3 Å². The second kappa shape index (κ2) is 9.58. The van der Waals surface area contributed by atoms with Crippen molar-refractivity contribution in [2.75, 3.05) is 11.9 Å². The summed E-state index contributed by atoms with van der Waals surface area (Å²) in [5.74, 6) is -0.284. The van der Waals surface area contributed by atoms with Gasteiger partial charge in [0.15, 0.2) is 0 Å². The minimum Gasteiger partial charge on any atom is -0.310 e. The van der Waals surface area contributed by atoms with Crippen LogP contribution in [0.4, 0.5) is 5.69 Å². The van der Waals surface area contributed by atoms with Crippen molar-refractivity contribution in [3.63, 3.8) is 0 Å². The number of fused-ring (bicyclic) bond motifs is 1. The highest BCUT2D eigenvalue weighted by atomic mass is 31.2. The molecule has 0 saturated heterocycles. The first kappa shape index (κ1) is 23.9. The number of rotatable bonds is 7. The molecule has 0 fully saturated rings. The highest BCUT2D eigenvalue weighted by Crippen LogP contribution is 2.38. The molecule has 11 nitrogen and oxygen atoms in total. The Morgan fingerprint density at radius 3 is 2.71 bits per heavy atom. The Morgan fingerprint density at radius 2 is 2.00 bits per heavy atom. The largest absolute Gasteiger partial charge is 0.471 e. The minimum atomic E-state index is -4.72. The average molecular weight is 490 g/mol. The van der Waals surface area contributed by atoms with Crippen LogP contribution in [-0.2, 0) is 20.6 Å². The minimum absolute atomic E-state index is 0.214. The molecule has 0 spiro atoms. The van der Waals surface area contributed by atoms with E-state index in [0.29, 0.717) is 39.0 Å². The first-order chi connectivity index (χ1) is 16.7. The second-order valence-corrected chi connectivity index (χ2v) is 8.67. The molecule has 1 amide bonds. The SMILES string of the molecule is C=CC(=O)N(C)c1cncc(-c2cnc3c(c2)c(-c2ccnc(C#N)c2)cn3COP(=O)(O)O)c1. The molecule has 176 valence electrons. The number of phosphoric acid groups is 1. The molecule has 4 heterocycles. The van der Waals surface area contributed by atoms with Gasteiger partial charge in [-0.15, -0.1) is 0 Å². The fourth-order valence-electron chi connectivity index (χ4n) is 3.49. The van der Waals surface area contributed by atoms with E-state index < -0.39 is 14.6 Å². The summed E-state index contributed by atoms with van der Waals surface area (Å²) in [6.07, 6.45) is 9.12. The van der Waals surface area contributed by atoms with E-state index in [2.05, 4.69) is 26.1 Å². The molecule has 0 saturated carbocycles. The quantitative estimate of drug-likeness (QED) is 0.293. The van der Waals surface area contributed by atoms with Crippen molar-refractivity contribution >= 4 is 30.5 Å². The van der Waals surface area contributed by atoms with E-state index in [9.17, 15) is 14.6 Å². The molecule has 0 aliphatic rings. The second-order valence-electron chi connectivity index (χ2n) is 7.43. The molecular weight excluding hydrogens is 471 g/mol. The van der Waals surface area contributed by atoms with E-state index in [0.717, 1.165) is 0 Å². The summed E-state index contributed by atoms with van der Waals surface area (Å²) < 4.78 is 17.4. The first-order valence-corrected chi connectivity index (χ1v) is 11.6. The number of likely N-dealkylation sites (N-methyl/N-ethyl adjacent to an activating group) is 1.